The van der Waals surface area contributed by atoms with E-state index < -0.39 is 9.84 Å². The van der Waals surface area contributed by atoms with E-state index in [-0.39, 0.29) is 16.5 Å². The molecule has 112 valence electrons. The molecule has 3 N–H and O–H groups in total. The second kappa shape index (κ2) is 6.36. The summed E-state index contributed by atoms with van der Waals surface area (Å²) in [5, 5.41) is 3.90. The number of rotatable bonds is 6. The van der Waals surface area contributed by atoms with Gasteiger partial charge in [0.15, 0.2) is 9.84 Å². The van der Waals surface area contributed by atoms with Crippen LogP contribution in [0.5, 0.6) is 0 Å². The normalized spacial score (nSPS) is 11.5. The third-order valence-corrected chi connectivity index (χ3v) is 5.07. The number of thiocarbonyl (C=S) groups is 1. The van der Waals surface area contributed by atoms with Crippen molar-refractivity contribution in [3.8, 4) is 0 Å². The molecule has 0 saturated carbocycles. The van der Waals surface area contributed by atoms with Crippen LogP contribution in [-0.2, 0) is 9.84 Å². The molecule has 1 heterocycles. The quantitative estimate of drug-likeness (QED) is 0.787. The van der Waals surface area contributed by atoms with Gasteiger partial charge in [0.2, 0.25) is 0 Å². The molecule has 2 aromatic rings. The van der Waals surface area contributed by atoms with Crippen molar-refractivity contribution in [3.63, 3.8) is 0 Å². The Kier molecular flexibility index (Phi) is 4.74. The summed E-state index contributed by atoms with van der Waals surface area (Å²) in [7, 11) is -3.00. The summed E-state index contributed by atoms with van der Waals surface area (Å²) in [6.07, 6.45) is 0. The zero-order valence-electron chi connectivity index (χ0n) is 11.7. The lowest BCUT2D eigenvalue weighted by Gasteiger charge is -2.10. The maximum absolute atomic E-state index is 11.5. The second-order valence-corrected chi connectivity index (χ2v) is 7.51. The first-order valence-corrected chi connectivity index (χ1v) is 8.80. The fraction of sp³-hybridized carbons (Fsp3) is 0.286. The molecular weight excluding hydrogens is 306 g/mol. The smallest absolute Gasteiger partial charge is 0.151 e. The molecule has 21 heavy (non-hydrogen) atoms. The molecule has 0 saturated heterocycles. The minimum absolute atomic E-state index is 0.0699. The van der Waals surface area contributed by atoms with E-state index in [0.29, 0.717) is 12.4 Å². The fourth-order valence-corrected chi connectivity index (χ4v) is 2.82. The molecule has 1 aromatic carbocycles. The van der Waals surface area contributed by atoms with Gasteiger partial charge in [0.05, 0.1) is 11.3 Å². The number of pyridine rings is 1. The van der Waals surface area contributed by atoms with Crippen LogP contribution >= 0.6 is 12.2 Å². The predicted molar refractivity (Wildman–Crippen MR) is 90.4 cm³/mol. The maximum atomic E-state index is 11.5. The van der Waals surface area contributed by atoms with Crippen molar-refractivity contribution in [3.05, 3.63) is 35.9 Å². The van der Waals surface area contributed by atoms with Gasteiger partial charge in [-0.1, -0.05) is 37.3 Å². The number of aromatic nitrogens is 1. The fourth-order valence-electron chi connectivity index (χ4n) is 1.95. The molecule has 0 amide bonds. The van der Waals surface area contributed by atoms with E-state index in [1.807, 2.05) is 24.3 Å². The highest BCUT2D eigenvalue weighted by molar-refractivity contribution is 7.91. The van der Waals surface area contributed by atoms with Crippen molar-refractivity contribution in [2.75, 3.05) is 23.4 Å². The Hall–Kier alpha value is -1.73. The summed E-state index contributed by atoms with van der Waals surface area (Å²) < 4.78 is 23.0. The number of benzene rings is 1. The second-order valence-electron chi connectivity index (χ2n) is 4.60. The Bertz CT molecular complexity index is 773. The highest BCUT2D eigenvalue weighted by Gasteiger charge is 2.09. The number of fused-ring (bicyclic) bond motifs is 1. The van der Waals surface area contributed by atoms with Crippen LogP contribution < -0.4 is 11.1 Å². The first kappa shape index (κ1) is 15.7. The van der Waals surface area contributed by atoms with E-state index in [9.17, 15) is 8.42 Å². The molecule has 1 aromatic heterocycles. The van der Waals surface area contributed by atoms with Crippen molar-refractivity contribution in [2.24, 2.45) is 5.73 Å². The third-order valence-electron chi connectivity index (χ3n) is 3.14. The van der Waals surface area contributed by atoms with Crippen molar-refractivity contribution in [2.45, 2.75) is 6.92 Å². The Morgan fingerprint density at radius 1 is 1.38 bits per heavy atom. The zero-order chi connectivity index (χ0) is 15.5. The first-order valence-electron chi connectivity index (χ1n) is 6.57. The number of nitrogens with two attached hydrogens (primary N) is 1. The van der Waals surface area contributed by atoms with E-state index in [2.05, 4.69) is 10.3 Å². The molecule has 0 aliphatic rings. The van der Waals surface area contributed by atoms with Gasteiger partial charge in [0.1, 0.15) is 10.8 Å². The molecule has 0 aliphatic carbocycles. The molecule has 7 heteroatoms. The maximum Gasteiger partial charge on any atom is 0.151 e. The first-order chi connectivity index (χ1) is 9.93. The van der Waals surface area contributed by atoms with Crippen molar-refractivity contribution in [1.82, 2.24) is 4.98 Å². The number of sulfone groups is 1. The predicted octanol–water partition coefficient (Wildman–Crippen LogP) is 1.72. The summed E-state index contributed by atoms with van der Waals surface area (Å²) in [4.78, 5) is 4.73. The topological polar surface area (TPSA) is 85.1 Å². The molecule has 0 aliphatic heterocycles. The number of nitrogens with zero attached hydrogens (tertiary/aromatic N) is 1. The number of para-hydroxylation sites is 1. The minimum Gasteiger partial charge on any atom is -0.389 e. The summed E-state index contributed by atoms with van der Waals surface area (Å²) in [6, 6.07) is 9.30. The molecule has 5 nitrogen and oxygen atoms in total. The van der Waals surface area contributed by atoms with Crippen LogP contribution in [-0.4, -0.2) is 36.4 Å². The van der Waals surface area contributed by atoms with Crippen LogP contribution in [0.25, 0.3) is 10.9 Å². The van der Waals surface area contributed by atoms with Gasteiger partial charge in [-0.3, -0.25) is 0 Å². The lowest BCUT2D eigenvalue weighted by Crippen LogP contribution is -2.18. The monoisotopic (exact) mass is 323 g/mol. The van der Waals surface area contributed by atoms with Gasteiger partial charge in [-0.15, -0.1) is 0 Å². The standard InChI is InChI=1S/C14H17N3O2S2/c1-2-21(18,19)8-7-16-13-9-11(14(15)20)10-5-3-4-6-12(10)17-13/h3-6,9H,2,7-8H2,1H3,(H2,15,20)(H,16,17). The Balaban J connectivity index is 2.27. The summed E-state index contributed by atoms with van der Waals surface area (Å²) >= 11 is 5.07. The number of nitrogens with one attached hydrogen (secondary N) is 1. The Morgan fingerprint density at radius 3 is 2.76 bits per heavy atom. The van der Waals surface area contributed by atoms with Crippen LogP contribution in [0.2, 0.25) is 0 Å². The van der Waals surface area contributed by atoms with Gasteiger partial charge in [-0.25, -0.2) is 13.4 Å². The largest absolute Gasteiger partial charge is 0.389 e. The molecular formula is C14H17N3O2S2. The van der Waals surface area contributed by atoms with Gasteiger partial charge in [-0.2, -0.15) is 0 Å². The van der Waals surface area contributed by atoms with E-state index in [0.717, 1.165) is 16.5 Å². The third kappa shape index (κ3) is 3.89. The molecule has 0 atom stereocenters. The lowest BCUT2D eigenvalue weighted by molar-refractivity contribution is 0.597. The van der Waals surface area contributed by atoms with E-state index >= 15 is 0 Å². The number of anilines is 1. The average Bonchev–Trinajstić information content (AvgIpc) is 2.46. The van der Waals surface area contributed by atoms with Gasteiger partial charge >= 0.3 is 0 Å². The summed E-state index contributed by atoms with van der Waals surface area (Å²) in [5.41, 5.74) is 7.25. The molecule has 0 fully saturated rings. The van der Waals surface area contributed by atoms with Crippen molar-refractivity contribution < 1.29 is 8.42 Å². The Labute approximate surface area is 129 Å². The number of hydrogen-bond acceptors (Lipinski definition) is 5. The SMILES string of the molecule is CCS(=O)(=O)CCNc1cc(C(N)=S)c2ccccc2n1. The van der Waals surface area contributed by atoms with E-state index in [1.165, 1.54) is 0 Å². The van der Waals surface area contributed by atoms with Gasteiger partial charge < -0.3 is 11.1 Å². The molecule has 0 radical (unpaired) electrons. The van der Waals surface area contributed by atoms with E-state index in [4.69, 9.17) is 18.0 Å². The Morgan fingerprint density at radius 2 is 2.10 bits per heavy atom. The van der Waals surface area contributed by atoms with Crippen LogP contribution in [0.4, 0.5) is 5.82 Å². The summed E-state index contributed by atoms with van der Waals surface area (Å²) in [5.74, 6) is 0.779. The van der Waals surface area contributed by atoms with Gasteiger partial charge in [-0.05, 0) is 12.1 Å². The molecule has 0 bridgehead atoms. The summed E-state index contributed by atoms with van der Waals surface area (Å²) in [6.45, 7) is 1.94. The highest BCUT2D eigenvalue weighted by atomic mass is 32.2. The van der Waals surface area contributed by atoms with Crippen molar-refractivity contribution in [1.29, 1.82) is 0 Å². The average molecular weight is 323 g/mol. The van der Waals surface area contributed by atoms with Crippen molar-refractivity contribution >= 4 is 43.8 Å². The van der Waals surface area contributed by atoms with E-state index in [1.54, 1.807) is 13.0 Å². The minimum atomic E-state index is -3.00. The van der Waals surface area contributed by atoms with Gasteiger partial charge in [0, 0.05) is 23.2 Å². The van der Waals surface area contributed by atoms with Crippen LogP contribution in [0.15, 0.2) is 30.3 Å². The van der Waals surface area contributed by atoms with Crippen LogP contribution in [0.3, 0.4) is 0 Å². The van der Waals surface area contributed by atoms with Gasteiger partial charge in [0.25, 0.3) is 0 Å². The highest BCUT2D eigenvalue weighted by Crippen LogP contribution is 2.20. The van der Waals surface area contributed by atoms with Crippen LogP contribution in [0, 0.1) is 0 Å². The molecule has 2 rings (SSSR count). The van der Waals surface area contributed by atoms with Crippen LogP contribution in [0.1, 0.15) is 12.5 Å². The molecule has 0 unspecified atom stereocenters. The molecule has 0 spiro atoms. The zero-order valence-corrected chi connectivity index (χ0v) is 13.3. The number of hydrogen-bond donors (Lipinski definition) is 2. The lowest BCUT2D eigenvalue weighted by atomic mass is 10.1.